The van der Waals surface area contributed by atoms with Gasteiger partial charge in [0.25, 0.3) is 0 Å². The Bertz CT molecular complexity index is 1890. The molecule has 1 aromatic heterocycles. The highest BCUT2D eigenvalue weighted by atomic mass is 14.9. The normalized spacial score (nSPS) is 10.9. The summed E-state index contributed by atoms with van der Waals surface area (Å²) in [5, 5.41) is 16.2. The van der Waals surface area contributed by atoms with Crippen LogP contribution in [0.1, 0.15) is 11.4 Å². The van der Waals surface area contributed by atoms with E-state index in [1.165, 1.54) is 5.39 Å². The Morgan fingerprint density at radius 1 is 0.714 bits per heavy atom. The smallest absolute Gasteiger partial charge is 0.307 e. The number of nitriles is 1. The van der Waals surface area contributed by atoms with E-state index in [1.807, 2.05) is 43.3 Å². The van der Waals surface area contributed by atoms with E-state index < -0.39 is 0 Å². The van der Waals surface area contributed by atoms with Crippen LogP contribution in [-0.2, 0) is 0 Å². The van der Waals surface area contributed by atoms with Crippen molar-refractivity contribution in [2.24, 2.45) is 0 Å². The summed E-state index contributed by atoms with van der Waals surface area (Å²) in [4.78, 5) is 12.7. The van der Waals surface area contributed by atoms with E-state index in [1.54, 1.807) is 0 Å². The Balaban J connectivity index is 1.84. The Morgan fingerprint density at radius 3 is 1.97 bits per heavy atom. The average Bonchev–Trinajstić information content (AvgIpc) is 2.92. The fraction of sp³-hybridized carbons (Fsp3) is 0.0323. The van der Waals surface area contributed by atoms with Crippen molar-refractivity contribution in [3.05, 3.63) is 114 Å². The highest BCUT2D eigenvalue weighted by Crippen LogP contribution is 2.45. The molecule has 0 fully saturated rings. The molecular weight excluding hydrogens is 428 g/mol. The molecule has 1 heterocycles. The van der Waals surface area contributed by atoms with E-state index in [9.17, 15) is 5.26 Å². The van der Waals surface area contributed by atoms with Gasteiger partial charge in [-0.05, 0) is 50.9 Å². The number of hydrogen-bond donors (Lipinski definition) is 0. The molecule has 0 spiro atoms. The molecule has 4 nitrogen and oxygen atoms in total. The Kier molecular flexibility index (Phi) is 4.73. The first-order chi connectivity index (χ1) is 17.2. The molecule has 0 bridgehead atoms. The predicted octanol–water partition coefficient (Wildman–Crippen LogP) is 8.00. The average molecular weight is 447 g/mol. The fourth-order valence-electron chi connectivity index (χ4n) is 4.93. The highest BCUT2D eigenvalue weighted by molar-refractivity contribution is 6.21. The predicted molar refractivity (Wildman–Crippen MR) is 141 cm³/mol. The Hall–Kier alpha value is -5.06. The molecule has 0 amide bonds. The van der Waals surface area contributed by atoms with Crippen molar-refractivity contribution in [3.8, 4) is 28.5 Å². The van der Waals surface area contributed by atoms with Crippen LogP contribution in [0.5, 0.6) is 0 Å². The van der Waals surface area contributed by atoms with E-state index in [0.717, 1.165) is 43.6 Å². The second kappa shape index (κ2) is 8.06. The molecule has 0 aliphatic rings. The molecule has 0 unspecified atom stereocenters. The Morgan fingerprint density at radius 2 is 1.31 bits per heavy atom. The van der Waals surface area contributed by atoms with Crippen LogP contribution in [-0.4, -0.2) is 9.97 Å². The van der Waals surface area contributed by atoms with Crippen LogP contribution in [0.15, 0.2) is 91.0 Å². The number of fused-ring (bicyclic) bond motifs is 4. The lowest BCUT2D eigenvalue weighted by Gasteiger charge is -2.18. The molecule has 0 N–H and O–H groups in total. The van der Waals surface area contributed by atoms with Crippen LogP contribution >= 0.6 is 0 Å². The van der Waals surface area contributed by atoms with Gasteiger partial charge in [0.05, 0.1) is 5.69 Å². The van der Waals surface area contributed by atoms with Gasteiger partial charge >= 0.3 is 5.82 Å². The number of benzene rings is 5. The molecule has 0 atom stereocenters. The monoisotopic (exact) mass is 446 g/mol. The van der Waals surface area contributed by atoms with Crippen LogP contribution in [0.4, 0.5) is 5.82 Å². The van der Waals surface area contributed by atoms with Crippen molar-refractivity contribution < 1.29 is 0 Å². The first-order valence-electron chi connectivity index (χ1n) is 11.3. The van der Waals surface area contributed by atoms with Gasteiger partial charge in [0.2, 0.25) is 0 Å². The first kappa shape index (κ1) is 20.5. The van der Waals surface area contributed by atoms with Gasteiger partial charge in [0.1, 0.15) is 6.07 Å². The lowest BCUT2D eigenvalue weighted by atomic mass is 9.85. The summed E-state index contributed by atoms with van der Waals surface area (Å²) >= 11 is 0. The molecule has 4 heteroatoms. The first-order valence-corrected chi connectivity index (χ1v) is 11.3. The molecule has 6 rings (SSSR count). The minimum absolute atomic E-state index is 0.0230. The maximum absolute atomic E-state index is 9.49. The third-order valence-corrected chi connectivity index (χ3v) is 6.47. The van der Waals surface area contributed by atoms with E-state index in [2.05, 4.69) is 70.5 Å². The molecule has 0 saturated heterocycles. The SMILES string of the molecule is [C-]#[N+]c1nc(-c2c(-c3ccc4ccccc4c3)c3ccccc3c3ccccc23)c(C)nc1C#N. The molecular formula is C31H18N4. The van der Waals surface area contributed by atoms with Crippen molar-refractivity contribution in [1.29, 1.82) is 5.26 Å². The van der Waals surface area contributed by atoms with E-state index in [-0.39, 0.29) is 11.5 Å². The summed E-state index contributed by atoms with van der Waals surface area (Å²) in [6.07, 6.45) is 0. The number of aryl methyl sites for hydroxylation is 1. The largest absolute Gasteiger partial charge is 0.358 e. The molecule has 5 aromatic carbocycles. The topological polar surface area (TPSA) is 53.9 Å². The summed E-state index contributed by atoms with van der Waals surface area (Å²) in [6, 6.07) is 33.5. The minimum Gasteiger partial charge on any atom is -0.358 e. The lowest BCUT2D eigenvalue weighted by molar-refractivity contribution is 1.11. The number of rotatable bonds is 2. The van der Waals surface area contributed by atoms with Gasteiger partial charge in [0, 0.05) is 11.1 Å². The lowest BCUT2D eigenvalue weighted by Crippen LogP contribution is -1.99. The zero-order valence-electron chi connectivity index (χ0n) is 18.9. The van der Waals surface area contributed by atoms with Crippen molar-refractivity contribution in [3.63, 3.8) is 0 Å². The molecule has 0 aliphatic heterocycles. The minimum atomic E-state index is 0.0230. The van der Waals surface area contributed by atoms with E-state index in [0.29, 0.717) is 11.4 Å². The maximum Gasteiger partial charge on any atom is 0.307 e. The number of hydrogen-bond acceptors (Lipinski definition) is 3. The molecule has 0 aliphatic carbocycles. The molecule has 0 saturated carbocycles. The molecule has 162 valence electrons. The summed E-state index contributed by atoms with van der Waals surface area (Å²) in [5.74, 6) is 0.0230. The third kappa shape index (κ3) is 3.21. The van der Waals surface area contributed by atoms with Gasteiger partial charge in [-0.15, -0.1) is 4.98 Å². The van der Waals surface area contributed by atoms with Crippen LogP contribution in [0, 0.1) is 24.8 Å². The van der Waals surface area contributed by atoms with Gasteiger partial charge in [-0.2, -0.15) is 5.26 Å². The molecule has 35 heavy (non-hydrogen) atoms. The van der Waals surface area contributed by atoms with Crippen molar-refractivity contribution in [1.82, 2.24) is 9.97 Å². The number of nitrogens with zero attached hydrogens (tertiary/aromatic N) is 4. The maximum atomic E-state index is 9.49. The van der Waals surface area contributed by atoms with Crippen molar-refractivity contribution in [2.45, 2.75) is 6.92 Å². The molecule has 6 aromatic rings. The zero-order valence-corrected chi connectivity index (χ0v) is 18.9. The van der Waals surface area contributed by atoms with Gasteiger partial charge < -0.3 is 4.85 Å². The van der Waals surface area contributed by atoms with Crippen molar-refractivity contribution in [2.75, 3.05) is 0 Å². The fourth-order valence-corrected chi connectivity index (χ4v) is 4.93. The van der Waals surface area contributed by atoms with E-state index >= 15 is 0 Å². The van der Waals surface area contributed by atoms with Gasteiger partial charge in [-0.3, -0.25) is 0 Å². The highest BCUT2D eigenvalue weighted by Gasteiger charge is 2.24. The quantitative estimate of drug-likeness (QED) is 0.200. The second-order valence-corrected chi connectivity index (χ2v) is 8.46. The van der Waals surface area contributed by atoms with E-state index in [4.69, 9.17) is 11.6 Å². The van der Waals surface area contributed by atoms with Crippen LogP contribution in [0.2, 0.25) is 0 Å². The summed E-state index contributed by atoms with van der Waals surface area (Å²) in [7, 11) is 0. The van der Waals surface area contributed by atoms with Gasteiger partial charge in [-0.1, -0.05) is 91.5 Å². The summed E-state index contributed by atoms with van der Waals surface area (Å²) in [5.41, 5.74) is 4.34. The summed E-state index contributed by atoms with van der Waals surface area (Å²) in [6.45, 7) is 9.44. The van der Waals surface area contributed by atoms with Crippen LogP contribution in [0.3, 0.4) is 0 Å². The zero-order chi connectivity index (χ0) is 23.9. The van der Waals surface area contributed by atoms with Crippen LogP contribution < -0.4 is 0 Å². The standard InChI is InChI=1S/C31H18N4/c1-19-30(35-31(33-2)27(18-32)34-19)29-26-14-8-6-12-24(26)23-11-5-7-13-25(23)28(29)22-16-15-20-9-3-4-10-21(20)17-22/h3-17H,1H3. The Labute approximate surface area is 202 Å². The molecule has 0 radical (unpaired) electrons. The number of aromatic nitrogens is 2. The van der Waals surface area contributed by atoms with Crippen LogP contribution in [0.25, 0.3) is 59.5 Å². The summed E-state index contributed by atoms with van der Waals surface area (Å²) < 4.78 is 0. The second-order valence-electron chi connectivity index (χ2n) is 8.46. The van der Waals surface area contributed by atoms with Gasteiger partial charge in [-0.25, -0.2) is 4.98 Å². The van der Waals surface area contributed by atoms with Gasteiger partial charge in [0.15, 0.2) is 11.4 Å². The third-order valence-electron chi connectivity index (χ3n) is 6.47. The van der Waals surface area contributed by atoms with Crippen molar-refractivity contribution >= 4 is 38.1 Å².